The fraction of sp³-hybridized carbons (Fsp3) is 0.312. The molecule has 0 fully saturated rings. The second kappa shape index (κ2) is 5.32. The normalized spacial score (nSPS) is 12.4. The van der Waals surface area contributed by atoms with E-state index in [-0.39, 0.29) is 6.04 Å². The zero-order chi connectivity index (χ0) is 13.1. The van der Waals surface area contributed by atoms with Crippen LogP contribution < -0.4 is 5.32 Å². The Hall–Kier alpha value is -1.67. The summed E-state index contributed by atoms with van der Waals surface area (Å²) >= 11 is 0. The van der Waals surface area contributed by atoms with Crippen LogP contribution in [0, 0.1) is 20.8 Å². The molecule has 0 spiro atoms. The lowest BCUT2D eigenvalue weighted by atomic mass is 9.94. The van der Waals surface area contributed by atoms with Crippen LogP contribution in [0.1, 0.15) is 33.9 Å². The van der Waals surface area contributed by atoms with Gasteiger partial charge in [-0.3, -0.25) is 4.98 Å². The number of nitrogens with zero attached hydrogens (tertiary/aromatic N) is 1. The number of nitrogens with one attached hydrogen (secondary N) is 1. The number of benzene rings is 1. The third kappa shape index (κ3) is 2.44. The first kappa shape index (κ1) is 12.8. The van der Waals surface area contributed by atoms with Crippen LogP contribution in [0.2, 0.25) is 0 Å². The maximum absolute atomic E-state index is 4.24. The molecular formula is C16H20N2. The predicted octanol–water partition coefficient (Wildman–Crippen LogP) is 3.32. The summed E-state index contributed by atoms with van der Waals surface area (Å²) in [6.07, 6.45) is 3.79. The molecule has 2 heteroatoms. The minimum Gasteiger partial charge on any atom is -0.309 e. The molecule has 0 radical (unpaired) electrons. The number of aryl methyl sites for hydroxylation is 3. The molecule has 1 aromatic carbocycles. The number of hydrogen-bond donors (Lipinski definition) is 1. The van der Waals surface area contributed by atoms with E-state index in [1.54, 1.807) is 0 Å². The summed E-state index contributed by atoms with van der Waals surface area (Å²) in [6.45, 7) is 6.42. The van der Waals surface area contributed by atoms with E-state index >= 15 is 0 Å². The van der Waals surface area contributed by atoms with Gasteiger partial charge in [0.25, 0.3) is 0 Å². The van der Waals surface area contributed by atoms with Crippen molar-refractivity contribution in [2.24, 2.45) is 0 Å². The van der Waals surface area contributed by atoms with Crippen molar-refractivity contribution >= 4 is 0 Å². The van der Waals surface area contributed by atoms with Crippen molar-refractivity contribution in [2.45, 2.75) is 26.8 Å². The maximum atomic E-state index is 4.24. The van der Waals surface area contributed by atoms with Crippen molar-refractivity contribution < 1.29 is 0 Å². The van der Waals surface area contributed by atoms with Gasteiger partial charge in [-0.1, -0.05) is 18.2 Å². The predicted molar refractivity (Wildman–Crippen MR) is 75.8 cm³/mol. The summed E-state index contributed by atoms with van der Waals surface area (Å²) in [5, 5.41) is 3.38. The van der Waals surface area contributed by atoms with Gasteiger partial charge in [-0.15, -0.1) is 0 Å². The molecule has 1 atom stereocenters. The number of rotatable bonds is 3. The number of aromatic nitrogens is 1. The molecule has 0 saturated heterocycles. The van der Waals surface area contributed by atoms with Gasteiger partial charge in [-0.05, 0) is 61.7 Å². The molecule has 0 aliphatic rings. The molecular weight excluding hydrogens is 220 g/mol. The van der Waals surface area contributed by atoms with E-state index in [9.17, 15) is 0 Å². The van der Waals surface area contributed by atoms with Gasteiger partial charge in [0.05, 0.1) is 6.04 Å². The molecule has 1 unspecified atom stereocenters. The van der Waals surface area contributed by atoms with Crippen LogP contribution in [0.25, 0.3) is 0 Å². The molecule has 1 N–H and O–H groups in total. The van der Waals surface area contributed by atoms with E-state index in [0.717, 1.165) is 0 Å². The van der Waals surface area contributed by atoms with Crippen LogP contribution >= 0.6 is 0 Å². The van der Waals surface area contributed by atoms with Gasteiger partial charge in [-0.2, -0.15) is 0 Å². The fourth-order valence-electron chi connectivity index (χ4n) is 2.22. The molecule has 18 heavy (non-hydrogen) atoms. The van der Waals surface area contributed by atoms with Crippen LogP contribution in [0.15, 0.2) is 36.7 Å². The molecule has 1 aromatic heterocycles. The lowest BCUT2D eigenvalue weighted by Gasteiger charge is -2.19. The molecule has 2 rings (SSSR count). The summed E-state index contributed by atoms with van der Waals surface area (Å²) in [5.74, 6) is 0. The van der Waals surface area contributed by atoms with Crippen molar-refractivity contribution in [3.8, 4) is 0 Å². The smallest absolute Gasteiger partial charge is 0.0592 e. The van der Waals surface area contributed by atoms with E-state index in [1.165, 1.54) is 27.8 Å². The summed E-state index contributed by atoms with van der Waals surface area (Å²) in [4.78, 5) is 4.24. The second-order valence-corrected chi connectivity index (χ2v) is 4.80. The third-order valence-electron chi connectivity index (χ3n) is 3.54. The van der Waals surface area contributed by atoms with Gasteiger partial charge >= 0.3 is 0 Å². The van der Waals surface area contributed by atoms with Crippen molar-refractivity contribution in [3.05, 3.63) is 64.5 Å². The Balaban J connectivity index is 2.45. The van der Waals surface area contributed by atoms with Crippen LogP contribution in [0.4, 0.5) is 0 Å². The first-order chi connectivity index (χ1) is 8.63. The highest BCUT2D eigenvalue weighted by atomic mass is 14.9. The Kier molecular flexibility index (Phi) is 3.78. The van der Waals surface area contributed by atoms with Crippen LogP contribution in [-0.2, 0) is 0 Å². The number of pyridine rings is 1. The highest BCUT2D eigenvalue weighted by Gasteiger charge is 2.14. The molecule has 0 bridgehead atoms. The van der Waals surface area contributed by atoms with E-state index in [1.807, 2.05) is 19.4 Å². The van der Waals surface area contributed by atoms with Crippen molar-refractivity contribution in [3.63, 3.8) is 0 Å². The standard InChI is InChI=1S/C16H20N2/c1-11-5-6-14(9-13(11)3)16(17-4)15-10-18-8-7-12(15)2/h5-10,16-17H,1-4H3. The van der Waals surface area contributed by atoms with Crippen LogP contribution in [-0.4, -0.2) is 12.0 Å². The van der Waals surface area contributed by atoms with Gasteiger partial charge in [0.1, 0.15) is 0 Å². The summed E-state index contributed by atoms with van der Waals surface area (Å²) in [6, 6.07) is 8.89. The Bertz CT molecular complexity index is 547. The molecule has 0 aliphatic heterocycles. The Labute approximate surface area is 109 Å². The Morgan fingerprint density at radius 1 is 1.00 bits per heavy atom. The highest BCUT2D eigenvalue weighted by molar-refractivity contribution is 5.38. The topological polar surface area (TPSA) is 24.9 Å². The lowest BCUT2D eigenvalue weighted by Crippen LogP contribution is -2.19. The summed E-state index contributed by atoms with van der Waals surface area (Å²) in [7, 11) is 1.99. The minimum atomic E-state index is 0.206. The summed E-state index contributed by atoms with van der Waals surface area (Å²) in [5.41, 5.74) is 6.45. The molecule has 2 aromatic rings. The SMILES string of the molecule is CNC(c1ccc(C)c(C)c1)c1cnccc1C. The zero-order valence-electron chi connectivity index (χ0n) is 11.5. The molecule has 0 aliphatic carbocycles. The first-order valence-corrected chi connectivity index (χ1v) is 6.28. The quantitative estimate of drug-likeness (QED) is 0.890. The fourth-order valence-corrected chi connectivity index (χ4v) is 2.22. The lowest BCUT2D eigenvalue weighted by molar-refractivity contribution is 0.683. The zero-order valence-corrected chi connectivity index (χ0v) is 11.5. The summed E-state index contributed by atoms with van der Waals surface area (Å²) < 4.78 is 0. The Morgan fingerprint density at radius 3 is 2.39 bits per heavy atom. The average molecular weight is 240 g/mol. The van der Waals surface area contributed by atoms with Gasteiger partial charge in [0, 0.05) is 12.4 Å². The van der Waals surface area contributed by atoms with Crippen LogP contribution in [0.3, 0.4) is 0 Å². The molecule has 0 amide bonds. The molecule has 94 valence electrons. The van der Waals surface area contributed by atoms with Crippen molar-refractivity contribution in [2.75, 3.05) is 7.05 Å². The van der Waals surface area contributed by atoms with E-state index in [0.29, 0.717) is 0 Å². The molecule has 1 heterocycles. The maximum Gasteiger partial charge on any atom is 0.0592 e. The van der Waals surface area contributed by atoms with Gasteiger partial charge < -0.3 is 5.32 Å². The van der Waals surface area contributed by atoms with E-state index in [4.69, 9.17) is 0 Å². The average Bonchev–Trinajstić information content (AvgIpc) is 2.37. The van der Waals surface area contributed by atoms with Crippen molar-refractivity contribution in [1.82, 2.24) is 10.3 Å². The first-order valence-electron chi connectivity index (χ1n) is 6.28. The monoisotopic (exact) mass is 240 g/mol. The number of hydrogen-bond acceptors (Lipinski definition) is 2. The van der Waals surface area contributed by atoms with E-state index < -0.39 is 0 Å². The van der Waals surface area contributed by atoms with Gasteiger partial charge in [0.15, 0.2) is 0 Å². The van der Waals surface area contributed by atoms with E-state index in [2.05, 4.69) is 55.3 Å². The third-order valence-corrected chi connectivity index (χ3v) is 3.54. The minimum absolute atomic E-state index is 0.206. The second-order valence-electron chi connectivity index (χ2n) is 4.80. The largest absolute Gasteiger partial charge is 0.309 e. The van der Waals surface area contributed by atoms with Gasteiger partial charge in [0.2, 0.25) is 0 Å². The Morgan fingerprint density at radius 2 is 1.78 bits per heavy atom. The molecule has 0 saturated carbocycles. The van der Waals surface area contributed by atoms with Crippen LogP contribution in [0.5, 0.6) is 0 Å². The van der Waals surface area contributed by atoms with Gasteiger partial charge in [-0.25, -0.2) is 0 Å². The van der Waals surface area contributed by atoms with Crippen molar-refractivity contribution in [1.29, 1.82) is 0 Å². The highest BCUT2D eigenvalue weighted by Crippen LogP contribution is 2.25. The molecule has 2 nitrogen and oxygen atoms in total.